The van der Waals surface area contributed by atoms with Gasteiger partial charge in [0.25, 0.3) is 0 Å². The Labute approximate surface area is 129 Å². The maximum absolute atomic E-state index is 6.82. The van der Waals surface area contributed by atoms with Gasteiger partial charge in [0.2, 0.25) is 0 Å². The first kappa shape index (κ1) is 13.3. The third kappa shape index (κ3) is 1.75. The summed E-state index contributed by atoms with van der Waals surface area (Å²) >= 11 is 3.63. The molecule has 4 heterocycles. The van der Waals surface area contributed by atoms with Gasteiger partial charge in [-0.1, -0.05) is 35.0 Å². The number of piperidine rings is 2. The monoisotopic (exact) mass is 335 g/mol. The van der Waals surface area contributed by atoms with Gasteiger partial charge in [-0.3, -0.25) is 0 Å². The topological polar surface area (TPSA) is 32.5 Å². The Bertz CT molecular complexity index is 528. The van der Waals surface area contributed by atoms with E-state index in [0.29, 0.717) is 0 Å². The van der Waals surface area contributed by atoms with Crippen molar-refractivity contribution in [3.63, 3.8) is 0 Å². The molecule has 0 radical (unpaired) electrons. The van der Waals surface area contributed by atoms with Crippen molar-refractivity contribution < 1.29 is 0 Å². The minimum atomic E-state index is 0.0888. The van der Waals surface area contributed by atoms with Gasteiger partial charge >= 0.3 is 0 Å². The second-order valence-electron chi connectivity index (χ2n) is 7.22. The molecule has 1 aromatic carbocycles. The molecule has 4 heteroatoms. The van der Waals surface area contributed by atoms with Crippen molar-refractivity contribution in [3.05, 3.63) is 34.3 Å². The molecule has 0 aliphatic carbocycles. The van der Waals surface area contributed by atoms with E-state index in [1.807, 2.05) is 0 Å². The average molecular weight is 336 g/mol. The van der Waals surface area contributed by atoms with Crippen LogP contribution in [0.2, 0.25) is 0 Å². The Balaban J connectivity index is 1.87. The van der Waals surface area contributed by atoms with Crippen LogP contribution in [-0.4, -0.2) is 55.1 Å². The number of halogens is 1. The van der Waals surface area contributed by atoms with E-state index in [0.717, 1.165) is 30.7 Å². The van der Waals surface area contributed by atoms with Gasteiger partial charge in [-0.05, 0) is 17.7 Å². The van der Waals surface area contributed by atoms with E-state index < -0.39 is 0 Å². The largest absolute Gasteiger partial charge is 0.326 e. The zero-order valence-corrected chi connectivity index (χ0v) is 13.6. The average Bonchev–Trinajstić information content (AvgIpc) is 2.63. The van der Waals surface area contributed by atoms with Crippen molar-refractivity contribution in [1.82, 2.24) is 9.80 Å². The lowest BCUT2D eigenvalue weighted by molar-refractivity contribution is -0.0263. The lowest BCUT2D eigenvalue weighted by Gasteiger charge is -2.59. The van der Waals surface area contributed by atoms with Gasteiger partial charge in [0.05, 0.1) is 0 Å². The van der Waals surface area contributed by atoms with Crippen LogP contribution in [0.5, 0.6) is 0 Å². The summed E-state index contributed by atoms with van der Waals surface area (Å²) in [4.78, 5) is 5.27. The molecule has 0 saturated carbocycles. The molecule has 0 amide bonds. The molecule has 4 saturated heterocycles. The Morgan fingerprint density at radius 1 is 1.15 bits per heavy atom. The van der Waals surface area contributed by atoms with Gasteiger partial charge in [0.15, 0.2) is 0 Å². The lowest BCUT2D eigenvalue weighted by atomic mass is 9.58. The van der Waals surface area contributed by atoms with Crippen molar-refractivity contribution in [3.8, 4) is 0 Å². The van der Waals surface area contributed by atoms with Crippen LogP contribution in [-0.2, 0) is 5.41 Å². The van der Waals surface area contributed by atoms with Gasteiger partial charge < -0.3 is 15.5 Å². The molecule has 0 aromatic heterocycles. The van der Waals surface area contributed by atoms with Crippen LogP contribution in [0, 0.1) is 5.41 Å². The Morgan fingerprint density at radius 3 is 2.40 bits per heavy atom. The molecule has 3 atom stereocenters. The molecule has 4 bridgehead atoms. The Hall–Kier alpha value is -0.420. The van der Waals surface area contributed by atoms with Crippen molar-refractivity contribution in [2.45, 2.75) is 18.4 Å². The summed E-state index contributed by atoms with van der Waals surface area (Å²) in [6.07, 6.45) is 0. The van der Waals surface area contributed by atoms with Crippen molar-refractivity contribution >= 4 is 15.9 Å². The molecule has 108 valence electrons. The van der Waals surface area contributed by atoms with E-state index in [-0.39, 0.29) is 16.9 Å². The molecule has 3 nitrogen and oxygen atoms in total. The fourth-order valence-electron chi connectivity index (χ4n) is 4.85. The third-order valence-corrected chi connectivity index (χ3v) is 6.15. The highest BCUT2D eigenvalue weighted by Crippen LogP contribution is 2.48. The zero-order valence-electron chi connectivity index (χ0n) is 12.0. The first-order valence-corrected chi connectivity index (χ1v) is 8.28. The van der Waals surface area contributed by atoms with E-state index in [4.69, 9.17) is 5.73 Å². The maximum Gasteiger partial charge on any atom is 0.0365 e. The van der Waals surface area contributed by atoms with E-state index in [2.05, 4.69) is 56.9 Å². The molecule has 4 aliphatic heterocycles. The minimum Gasteiger partial charge on any atom is -0.326 e. The molecule has 5 rings (SSSR count). The van der Waals surface area contributed by atoms with Gasteiger partial charge in [0, 0.05) is 60.6 Å². The van der Waals surface area contributed by atoms with Crippen molar-refractivity contribution in [2.75, 3.05) is 39.3 Å². The first-order valence-electron chi connectivity index (χ1n) is 7.48. The van der Waals surface area contributed by atoms with E-state index in [1.54, 1.807) is 0 Å². The highest BCUT2D eigenvalue weighted by Gasteiger charge is 2.58. The number of benzene rings is 1. The normalized spacial score (nSPS) is 46.5. The fourth-order valence-corrected chi connectivity index (χ4v) is 5.25. The number of nitrogens with two attached hydrogens (primary N) is 1. The standard InChI is InChI=1S/C16H22BrN3/c1-15-8-19-5-6-20(9-15)11-16(10-19,14(15)18)12-3-2-4-13(17)7-12/h2-4,7,14H,5-6,8-11,18H2,1H3. The number of hydrogen-bond donors (Lipinski definition) is 1. The minimum absolute atomic E-state index is 0.0888. The van der Waals surface area contributed by atoms with Gasteiger partial charge in [-0.2, -0.15) is 0 Å². The van der Waals surface area contributed by atoms with Crippen LogP contribution in [0.1, 0.15) is 12.5 Å². The van der Waals surface area contributed by atoms with Crippen LogP contribution in [0.4, 0.5) is 0 Å². The summed E-state index contributed by atoms with van der Waals surface area (Å²) < 4.78 is 1.16. The smallest absolute Gasteiger partial charge is 0.0365 e. The molecule has 2 N–H and O–H groups in total. The van der Waals surface area contributed by atoms with Crippen LogP contribution in [0.15, 0.2) is 28.7 Å². The number of hydrogen-bond acceptors (Lipinski definition) is 3. The van der Waals surface area contributed by atoms with Crippen LogP contribution >= 0.6 is 15.9 Å². The third-order valence-electron chi connectivity index (χ3n) is 5.66. The summed E-state index contributed by atoms with van der Waals surface area (Å²) in [7, 11) is 0. The van der Waals surface area contributed by atoms with E-state index in [9.17, 15) is 0 Å². The van der Waals surface area contributed by atoms with Gasteiger partial charge in [-0.25, -0.2) is 0 Å². The summed E-state index contributed by atoms with van der Waals surface area (Å²) in [6, 6.07) is 9.04. The molecule has 4 aliphatic rings. The fraction of sp³-hybridized carbons (Fsp3) is 0.625. The Morgan fingerprint density at radius 2 is 1.80 bits per heavy atom. The number of fused-ring (bicyclic) bond motifs is 1. The lowest BCUT2D eigenvalue weighted by Crippen LogP contribution is -2.73. The second-order valence-corrected chi connectivity index (χ2v) is 8.14. The first-order chi connectivity index (χ1) is 9.52. The summed E-state index contributed by atoms with van der Waals surface area (Å²) in [5.74, 6) is 0. The SMILES string of the molecule is CC12CN3CCN(C1)CC(c1cccc(Br)c1)(C3)C2N. The van der Waals surface area contributed by atoms with Crippen molar-refractivity contribution in [1.29, 1.82) is 0 Å². The molecular formula is C16H22BrN3. The van der Waals surface area contributed by atoms with E-state index in [1.165, 1.54) is 18.7 Å². The molecule has 3 unspecified atom stereocenters. The van der Waals surface area contributed by atoms with Crippen LogP contribution < -0.4 is 5.73 Å². The van der Waals surface area contributed by atoms with Crippen LogP contribution in [0.25, 0.3) is 0 Å². The van der Waals surface area contributed by atoms with Gasteiger partial charge in [0.1, 0.15) is 0 Å². The quantitative estimate of drug-likeness (QED) is 0.847. The zero-order chi connectivity index (χ0) is 14.0. The highest BCUT2D eigenvalue weighted by atomic mass is 79.9. The molecule has 20 heavy (non-hydrogen) atoms. The summed E-state index contributed by atoms with van der Waals surface area (Å²) in [5, 5.41) is 0. The van der Waals surface area contributed by atoms with Crippen LogP contribution in [0.3, 0.4) is 0 Å². The summed E-state index contributed by atoms with van der Waals surface area (Å²) in [5.41, 5.74) is 8.53. The number of nitrogens with zero attached hydrogens (tertiary/aromatic N) is 2. The predicted octanol–water partition coefficient (Wildman–Crippen LogP) is 1.67. The van der Waals surface area contributed by atoms with Gasteiger partial charge in [-0.15, -0.1) is 0 Å². The maximum atomic E-state index is 6.82. The Kier molecular flexibility index (Phi) is 2.84. The second kappa shape index (κ2) is 4.29. The van der Waals surface area contributed by atoms with E-state index >= 15 is 0 Å². The summed E-state index contributed by atoms with van der Waals surface area (Å²) in [6.45, 7) is 9.29. The number of rotatable bonds is 1. The molecular weight excluding hydrogens is 314 g/mol. The molecule has 0 spiro atoms. The van der Waals surface area contributed by atoms with Crippen molar-refractivity contribution in [2.24, 2.45) is 11.1 Å². The molecule has 4 fully saturated rings. The molecule has 1 aromatic rings. The predicted molar refractivity (Wildman–Crippen MR) is 84.8 cm³/mol. The highest BCUT2D eigenvalue weighted by molar-refractivity contribution is 9.10.